The third-order valence-electron chi connectivity index (χ3n) is 5.64. The number of aromatic nitrogens is 4. The van der Waals surface area contributed by atoms with Crippen LogP contribution in [0.5, 0.6) is 0 Å². The van der Waals surface area contributed by atoms with Crippen molar-refractivity contribution in [3.8, 4) is 11.4 Å². The summed E-state index contributed by atoms with van der Waals surface area (Å²) in [6, 6.07) is 3.09. The van der Waals surface area contributed by atoms with Gasteiger partial charge in [0.2, 0.25) is 17.6 Å². The van der Waals surface area contributed by atoms with Gasteiger partial charge in [-0.05, 0) is 51.8 Å². The van der Waals surface area contributed by atoms with E-state index in [2.05, 4.69) is 20.4 Å². The van der Waals surface area contributed by atoms with E-state index in [4.69, 9.17) is 9.26 Å². The Balaban J connectivity index is 1.83. The first kappa shape index (κ1) is 24.9. The van der Waals surface area contributed by atoms with E-state index >= 15 is 0 Å². The van der Waals surface area contributed by atoms with Gasteiger partial charge in [-0.15, -0.1) is 0 Å². The Morgan fingerprint density at radius 3 is 2.50 bits per heavy atom. The molecule has 3 heterocycles. The van der Waals surface area contributed by atoms with Crippen LogP contribution in [0.2, 0.25) is 0 Å². The van der Waals surface area contributed by atoms with E-state index in [0.29, 0.717) is 29.4 Å². The number of nitrogens with zero attached hydrogens (tertiary/aromatic N) is 4. The number of amides is 1. The van der Waals surface area contributed by atoms with Crippen LogP contribution in [0, 0.1) is 19.8 Å². The summed E-state index contributed by atoms with van der Waals surface area (Å²) in [7, 11) is 0. The van der Waals surface area contributed by atoms with Gasteiger partial charge in [-0.2, -0.15) is 4.98 Å². The average molecular weight is 466 g/mol. The zero-order valence-corrected chi connectivity index (χ0v) is 20.5. The van der Waals surface area contributed by atoms with Crippen molar-refractivity contribution < 1.29 is 18.8 Å². The average Bonchev–Trinajstić information content (AvgIpc) is 3.39. The minimum Gasteiger partial charge on any atom is -0.462 e. The lowest BCUT2D eigenvalue weighted by molar-refractivity contribution is -0.117. The Kier molecular flexibility index (Phi) is 7.99. The number of hydrogen-bond acceptors (Lipinski definition) is 7. The summed E-state index contributed by atoms with van der Waals surface area (Å²) in [6.45, 7) is 12.5. The van der Waals surface area contributed by atoms with E-state index < -0.39 is 12.0 Å². The van der Waals surface area contributed by atoms with Crippen LogP contribution >= 0.6 is 0 Å². The van der Waals surface area contributed by atoms with Crippen molar-refractivity contribution in [2.24, 2.45) is 5.92 Å². The monoisotopic (exact) mass is 465 g/mol. The molecular formula is C25H31N5O4. The summed E-state index contributed by atoms with van der Waals surface area (Å²) < 4.78 is 12.7. The number of pyridine rings is 1. The smallest absolute Gasteiger partial charge is 0.340 e. The van der Waals surface area contributed by atoms with E-state index in [-0.39, 0.29) is 18.4 Å². The number of hydrogen-bond donors (Lipinski definition) is 1. The molecule has 180 valence electrons. The molecule has 0 spiro atoms. The van der Waals surface area contributed by atoms with Crippen LogP contribution in [-0.2, 0) is 16.1 Å². The molecule has 3 aromatic heterocycles. The van der Waals surface area contributed by atoms with Gasteiger partial charge in [0.15, 0.2) is 0 Å². The van der Waals surface area contributed by atoms with Crippen molar-refractivity contribution in [2.45, 2.75) is 54.1 Å². The summed E-state index contributed by atoms with van der Waals surface area (Å²) in [5.74, 6) is 0.0191. The summed E-state index contributed by atoms with van der Waals surface area (Å²) in [4.78, 5) is 33.9. The predicted molar refractivity (Wildman–Crippen MR) is 128 cm³/mol. The topological polar surface area (TPSA) is 112 Å². The molecule has 0 bridgehead atoms. The summed E-state index contributed by atoms with van der Waals surface area (Å²) in [5, 5.41) is 6.97. The maximum Gasteiger partial charge on any atom is 0.340 e. The first-order valence-electron chi connectivity index (χ1n) is 11.4. The van der Waals surface area contributed by atoms with E-state index in [1.54, 1.807) is 37.5 Å². The number of carbonyl (C=O) groups is 2. The first-order chi connectivity index (χ1) is 16.3. The normalized spacial score (nSPS) is 12.3. The molecule has 0 fully saturated rings. The fraction of sp³-hybridized carbons (Fsp3) is 0.400. The molecule has 1 amide bonds. The third-order valence-corrected chi connectivity index (χ3v) is 5.64. The van der Waals surface area contributed by atoms with Crippen molar-refractivity contribution in [3.05, 3.63) is 59.0 Å². The van der Waals surface area contributed by atoms with E-state index in [0.717, 1.165) is 17.0 Å². The van der Waals surface area contributed by atoms with Gasteiger partial charge in [0, 0.05) is 47.5 Å². The number of rotatable bonds is 9. The molecule has 0 aliphatic heterocycles. The molecule has 0 aromatic carbocycles. The zero-order valence-electron chi connectivity index (χ0n) is 20.5. The van der Waals surface area contributed by atoms with Crippen LogP contribution < -0.4 is 5.32 Å². The number of nitrogens with one attached hydrogen (secondary N) is 1. The van der Waals surface area contributed by atoms with Gasteiger partial charge in [0.25, 0.3) is 0 Å². The number of esters is 1. The highest BCUT2D eigenvalue weighted by molar-refractivity contribution is 5.98. The van der Waals surface area contributed by atoms with E-state index in [9.17, 15) is 9.59 Å². The second kappa shape index (κ2) is 10.9. The van der Waals surface area contributed by atoms with Gasteiger partial charge in [-0.3, -0.25) is 9.78 Å². The molecule has 0 aliphatic rings. The lowest BCUT2D eigenvalue weighted by Crippen LogP contribution is -2.30. The molecular weight excluding hydrogens is 434 g/mol. The highest BCUT2D eigenvalue weighted by atomic mass is 16.5. The lowest BCUT2D eigenvalue weighted by atomic mass is 10.0. The summed E-state index contributed by atoms with van der Waals surface area (Å²) >= 11 is 0. The van der Waals surface area contributed by atoms with Crippen LogP contribution in [0.15, 0.2) is 35.1 Å². The van der Waals surface area contributed by atoms with Crippen LogP contribution in [0.25, 0.3) is 17.5 Å². The Morgan fingerprint density at radius 1 is 1.18 bits per heavy atom. The third kappa shape index (κ3) is 5.24. The number of carbonyl (C=O) groups excluding carboxylic acids is 2. The van der Waals surface area contributed by atoms with Crippen LogP contribution in [0.3, 0.4) is 0 Å². The van der Waals surface area contributed by atoms with Crippen molar-refractivity contribution in [1.82, 2.24) is 25.0 Å². The molecule has 0 saturated carbocycles. The Hall–Kier alpha value is -3.75. The summed E-state index contributed by atoms with van der Waals surface area (Å²) in [6.07, 6.45) is 6.37. The van der Waals surface area contributed by atoms with Gasteiger partial charge in [0.05, 0.1) is 12.2 Å². The molecule has 0 radical (unpaired) electrons. The van der Waals surface area contributed by atoms with Crippen LogP contribution in [-0.4, -0.2) is 38.2 Å². The second-order valence-corrected chi connectivity index (χ2v) is 8.18. The quantitative estimate of drug-likeness (QED) is 0.371. The molecule has 3 rings (SSSR count). The number of ether oxygens (including phenoxy) is 1. The van der Waals surface area contributed by atoms with Crippen molar-refractivity contribution in [2.75, 3.05) is 6.61 Å². The van der Waals surface area contributed by atoms with Crippen molar-refractivity contribution >= 4 is 18.0 Å². The molecule has 1 N–H and O–H groups in total. The lowest BCUT2D eigenvalue weighted by Gasteiger charge is -2.17. The van der Waals surface area contributed by atoms with E-state index in [1.807, 2.05) is 39.2 Å². The molecule has 9 nitrogen and oxygen atoms in total. The van der Waals surface area contributed by atoms with Crippen molar-refractivity contribution in [3.63, 3.8) is 0 Å². The summed E-state index contributed by atoms with van der Waals surface area (Å²) in [5.41, 5.74) is 3.63. The maximum atomic E-state index is 12.8. The van der Waals surface area contributed by atoms with Gasteiger partial charge in [-0.1, -0.05) is 19.0 Å². The standard InChI is InChI=1S/C25H31N5O4/c1-7-30-16(5)19(21(17(30)6)25(32)33-8-2)9-10-20(31)27-22(15(3)4)24-28-23(29-34-24)18-11-13-26-14-12-18/h9-15,22H,7-8H2,1-6H3,(H,27,31)/b10-9+. The molecule has 9 heteroatoms. The highest BCUT2D eigenvalue weighted by Crippen LogP contribution is 2.26. The molecule has 1 atom stereocenters. The maximum absolute atomic E-state index is 12.8. The fourth-order valence-corrected chi connectivity index (χ4v) is 3.90. The molecule has 1 unspecified atom stereocenters. The van der Waals surface area contributed by atoms with Gasteiger partial charge < -0.3 is 19.1 Å². The molecule has 0 saturated heterocycles. The van der Waals surface area contributed by atoms with Crippen LogP contribution in [0.1, 0.15) is 66.9 Å². The van der Waals surface area contributed by atoms with Gasteiger partial charge >= 0.3 is 5.97 Å². The Morgan fingerprint density at radius 2 is 1.88 bits per heavy atom. The SMILES string of the molecule is CCOC(=O)c1c(/C=C/C(=O)NC(c2nc(-c3ccncc3)no2)C(C)C)c(C)n(CC)c1C. The molecule has 3 aromatic rings. The first-order valence-corrected chi connectivity index (χ1v) is 11.4. The molecule has 0 aliphatic carbocycles. The second-order valence-electron chi connectivity index (χ2n) is 8.18. The van der Waals surface area contributed by atoms with E-state index in [1.165, 1.54) is 6.08 Å². The van der Waals surface area contributed by atoms with Crippen molar-refractivity contribution in [1.29, 1.82) is 0 Å². The van der Waals surface area contributed by atoms with Gasteiger partial charge in [0.1, 0.15) is 6.04 Å². The Labute approximate surface area is 199 Å². The highest BCUT2D eigenvalue weighted by Gasteiger charge is 2.25. The Bertz CT molecular complexity index is 1180. The van der Waals surface area contributed by atoms with Crippen LogP contribution in [0.4, 0.5) is 0 Å². The minimum absolute atomic E-state index is 0.00309. The largest absolute Gasteiger partial charge is 0.462 e. The van der Waals surface area contributed by atoms with Gasteiger partial charge in [-0.25, -0.2) is 4.79 Å². The minimum atomic E-state index is -0.479. The molecule has 34 heavy (non-hydrogen) atoms. The predicted octanol–water partition coefficient (Wildman–Crippen LogP) is 4.27. The zero-order chi connectivity index (χ0) is 24.8. The fourth-order valence-electron chi connectivity index (χ4n) is 3.90.